The molecule has 2 aliphatic heterocycles. The number of ether oxygens (including phenoxy) is 2. The van der Waals surface area contributed by atoms with Gasteiger partial charge in [-0.05, 0) is 44.5 Å². The Labute approximate surface area is 121 Å². The molecule has 0 amide bonds. The van der Waals surface area contributed by atoms with Crippen molar-refractivity contribution in [3.8, 4) is 11.5 Å². The molecule has 1 fully saturated rings. The molecule has 1 atom stereocenters. The maximum absolute atomic E-state index is 6.11. The number of benzene rings is 1. The first-order chi connectivity index (χ1) is 9.79. The number of piperidine rings is 1. The molecule has 0 saturated carbocycles. The number of nitrogens with zero attached hydrogens (tertiary/aromatic N) is 1. The van der Waals surface area contributed by atoms with Gasteiger partial charge in [-0.2, -0.15) is 0 Å². The van der Waals surface area contributed by atoms with Crippen molar-refractivity contribution in [2.75, 3.05) is 26.8 Å². The van der Waals surface area contributed by atoms with Crippen LogP contribution in [0.2, 0.25) is 0 Å². The second kappa shape index (κ2) is 5.65. The summed E-state index contributed by atoms with van der Waals surface area (Å²) in [7, 11) is 1.75. The molecule has 3 heteroatoms. The zero-order chi connectivity index (χ0) is 14.0. The molecule has 3 nitrogen and oxygen atoms in total. The van der Waals surface area contributed by atoms with Gasteiger partial charge in [0, 0.05) is 12.0 Å². The van der Waals surface area contributed by atoms with Crippen LogP contribution in [0.1, 0.15) is 38.2 Å². The highest BCUT2D eigenvalue weighted by Crippen LogP contribution is 2.42. The van der Waals surface area contributed by atoms with Crippen LogP contribution in [0, 0.1) is 0 Å². The molecule has 1 aromatic carbocycles. The van der Waals surface area contributed by atoms with E-state index in [0.717, 1.165) is 24.5 Å². The third-order valence-corrected chi connectivity index (χ3v) is 4.80. The Balaban J connectivity index is 1.92. The molecule has 2 heterocycles. The van der Waals surface area contributed by atoms with Crippen molar-refractivity contribution < 1.29 is 9.47 Å². The minimum atomic E-state index is 0.190. The Morgan fingerprint density at radius 3 is 3.05 bits per heavy atom. The van der Waals surface area contributed by atoms with Crippen LogP contribution in [-0.4, -0.2) is 37.2 Å². The second-order valence-electron chi connectivity index (χ2n) is 6.07. The van der Waals surface area contributed by atoms with Crippen LogP contribution in [0.4, 0.5) is 0 Å². The Kier molecular flexibility index (Phi) is 3.88. The fourth-order valence-corrected chi connectivity index (χ4v) is 3.77. The molecule has 0 N–H and O–H groups in total. The SMILES string of the molecule is CCCN1CCCCC12COc1cccc(OC)c1C2. The van der Waals surface area contributed by atoms with Crippen LogP contribution >= 0.6 is 0 Å². The highest BCUT2D eigenvalue weighted by atomic mass is 16.5. The quantitative estimate of drug-likeness (QED) is 0.845. The van der Waals surface area contributed by atoms with E-state index in [1.54, 1.807) is 7.11 Å². The van der Waals surface area contributed by atoms with Crippen molar-refractivity contribution in [3.63, 3.8) is 0 Å². The molecule has 1 spiro atoms. The predicted octanol–water partition coefficient (Wildman–Crippen LogP) is 3.26. The molecule has 1 saturated heterocycles. The van der Waals surface area contributed by atoms with Gasteiger partial charge in [-0.15, -0.1) is 0 Å². The summed E-state index contributed by atoms with van der Waals surface area (Å²) >= 11 is 0. The molecule has 0 aromatic heterocycles. The number of rotatable bonds is 3. The number of fused-ring (bicyclic) bond motifs is 1. The summed E-state index contributed by atoms with van der Waals surface area (Å²) in [6.45, 7) is 5.48. The van der Waals surface area contributed by atoms with Crippen LogP contribution in [0.25, 0.3) is 0 Å². The van der Waals surface area contributed by atoms with Gasteiger partial charge in [0.15, 0.2) is 0 Å². The van der Waals surface area contributed by atoms with Crippen molar-refractivity contribution in [2.45, 2.75) is 44.6 Å². The van der Waals surface area contributed by atoms with Crippen LogP contribution in [0.3, 0.4) is 0 Å². The topological polar surface area (TPSA) is 21.7 Å². The molecular formula is C17H25NO2. The van der Waals surface area contributed by atoms with Crippen molar-refractivity contribution in [3.05, 3.63) is 23.8 Å². The van der Waals surface area contributed by atoms with Crippen LogP contribution < -0.4 is 9.47 Å². The van der Waals surface area contributed by atoms with Gasteiger partial charge in [-0.1, -0.05) is 19.4 Å². The van der Waals surface area contributed by atoms with Gasteiger partial charge < -0.3 is 9.47 Å². The minimum Gasteiger partial charge on any atom is -0.496 e. The minimum absolute atomic E-state index is 0.190. The van der Waals surface area contributed by atoms with E-state index in [2.05, 4.69) is 17.9 Å². The third kappa shape index (κ3) is 2.28. The van der Waals surface area contributed by atoms with E-state index in [1.165, 1.54) is 44.3 Å². The van der Waals surface area contributed by atoms with E-state index in [1.807, 2.05) is 12.1 Å². The molecule has 0 bridgehead atoms. The van der Waals surface area contributed by atoms with E-state index in [4.69, 9.17) is 9.47 Å². The molecular weight excluding hydrogens is 250 g/mol. The average Bonchev–Trinajstić information content (AvgIpc) is 2.49. The van der Waals surface area contributed by atoms with Gasteiger partial charge in [0.25, 0.3) is 0 Å². The van der Waals surface area contributed by atoms with E-state index in [9.17, 15) is 0 Å². The summed E-state index contributed by atoms with van der Waals surface area (Å²) in [5.41, 5.74) is 1.44. The summed E-state index contributed by atoms with van der Waals surface area (Å²) < 4.78 is 11.7. The summed E-state index contributed by atoms with van der Waals surface area (Å²) in [5.74, 6) is 1.99. The zero-order valence-electron chi connectivity index (χ0n) is 12.7. The van der Waals surface area contributed by atoms with Crippen molar-refractivity contribution in [2.24, 2.45) is 0 Å². The monoisotopic (exact) mass is 275 g/mol. The van der Waals surface area contributed by atoms with Gasteiger partial charge in [0.2, 0.25) is 0 Å². The summed E-state index contributed by atoms with van der Waals surface area (Å²) in [4.78, 5) is 2.66. The number of hydrogen-bond acceptors (Lipinski definition) is 3. The third-order valence-electron chi connectivity index (χ3n) is 4.80. The predicted molar refractivity (Wildman–Crippen MR) is 80.6 cm³/mol. The maximum Gasteiger partial charge on any atom is 0.126 e. The van der Waals surface area contributed by atoms with E-state index >= 15 is 0 Å². The molecule has 20 heavy (non-hydrogen) atoms. The van der Waals surface area contributed by atoms with Gasteiger partial charge in [0.05, 0.1) is 12.6 Å². The molecule has 3 rings (SSSR count). The normalized spacial score (nSPS) is 26.1. The Bertz CT molecular complexity index is 458. The van der Waals surface area contributed by atoms with Crippen LogP contribution in [0.5, 0.6) is 11.5 Å². The Morgan fingerprint density at radius 2 is 2.25 bits per heavy atom. The number of methoxy groups -OCH3 is 1. The lowest BCUT2D eigenvalue weighted by molar-refractivity contribution is -0.00437. The molecule has 2 aliphatic rings. The van der Waals surface area contributed by atoms with Gasteiger partial charge >= 0.3 is 0 Å². The van der Waals surface area contributed by atoms with Gasteiger partial charge in [-0.25, -0.2) is 0 Å². The summed E-state index contributed by atoms with van der Waals surface area (Å²) in [6, 6.07) is 6.13. The smallest absolute Gasteiger partial charge is 0.126 e. The Hall–Kier alpha value is -1.22. The van der Waals surface area contributed by atoms with Crippen molar-refractivity contribution in [1.29, 1.82) is 0 Å². The second-order valence-corrected chi connectivity index (χ2v) is 6.07. The van der Waals surface area contributed by atoms with Gasteiger partial charge in [0.1, 0.15) is 18.1 Å². The van der Waals surface area contributed by atoms with Crippen molar-refractivity contribution in [1.82, 2.24) is 4.90 Å². The highest BCUT2D eigenvalue weighted by Gasteiger charge is 2.43. The molecule has 1 unspecified atom stereocenters. The highest BCUT2D eigenvalue weighted by molar-refractivity contribution is 5.47. The first kappa shape index (κ1) is 13.7. The zero-order valence-corrected chi connectivity index (χ0v) is 12.7. The molecule has 110 valence electrons. The molecule has 0 radical (unpaired) electrons. The lowest BCUT2D eigenvalue weighted by atomic mass is 9.80. The summed E-state index contributed by atoms with van der Waals surface area (Å²) in [5, 5.41) is 0. The summed E-state index contributed by atoms with van der Waals surface area (Å²) in [6.07, 6.45) is 6.14. The lowest BCUT2D eigenvalue weighted by Crippen LogP contribution is -2.58. The van der Waals surface area contributed by atoms with Crippen LogP contribution in [0.15, 0.2) is 18.2 Å². The fourth-order valence-electron chi connectivity index (χ4n) is 3.77. The largest absolute Gasteiger partial charge is 0.496 e. The first-order valence-corrected chi connectivity index (χ1v) is 7.83. The standard InChI is InChI=1S/C17H25NO2/c1-3-10-18-11-5-4-9-17(18)12-14-15(19-2)7-6-8-16(14)20-13-17/h6-8H,3-5,9-13H2,1-2H3. The average molecular weight is 275 g/mol. The number of likely N-dealkylation sites (tertiary alicyclic amines) is 1. The van der Waals surface area contributed by atoms with E-state index in [0.29, 0.717) is 0 Å². The van der Waals surface area contributed by atoms with Gasteiger partial charge in [-0.3, -0.25) is 4.90 Å². The van der Waals surface area contributed by atoms with E-state index in [-0.39, 0.29) is 5.54 Å². The fraction of sp³-hybridized carbons (Fsp3) is 0.647. The Morgan fingerprint density at radius 1 is 1.35 bits per heavy atom. The first-order valence-electron chi connectivity index (χ1n) is 7.83. The van der Waals surface area contributed by atoms with Crippen molar-refractivity contribution >= 4 is 0 Å². The molecule has 0 aliphatic carbocycles. The number of hydrogen-bond donors (Lipinski definition) is 0. The molecule has 1 aromatic rings. The maximum atomic E-state index is 6.11. The van der Waals surface area contributed by atoms with Crippen LogP contribution in [-0.2, 0) is 6.42 Å². The van der Waals surface area contributed by atoms with E-state index < -0.39 is 0 Å². The lowest BCUT2D eigenvalue weighted by Gasteiger charge is -2.49.